The van der Waals surface area contributed by atoms with E-state index in [0.717, 1.165) is 53.2 Å². The van der Waals surface area contributed by atoms with Crippen molar-refractivity contribution < 1.29 is 11.3 Å². The van der Waals surface area contributed by atoms with E-state index in [1.165, 1.54) is 10.8 Å². The van der Waals surface area contributed by atoms with Crippen molar-refractivity contribution in [2.24, 2.45) is 0 Å². The van der Waals surface area contributed by atoms with Crippen molar-refractivity contribution in [1.29, 1.82) is 0 Å². The Bertz CT molecular complexity index is 3380. The minimum Gasteiger partial charge on any atom is -0.456 e. The molecule has 6 heteroatoms. The highest BCUT2D eigenvalue weighted by Crippen LogP contribution is 2.40. The van der Waals surface area contributed by atoms with Gasteiger partial charge in [0.15, 0.2) is 17.5 Å². The van der Waals surface area contributed by atoms with E-state index in [0.29, 0.717) is 22.5 Å². The standard InChI is InChI=1S/C45H26N4OS/c1-2-10-27(11-3-1)43-46-44(48-45(47-43)29-18-21-34-33-14-6-9-17-39(33)50-40(34)25-29)28-19-22-41-35(24-28)36-26-30(20-23-42(36)51-41)49-37-15-7-4-12-31(37)32-13-5-8-16-38(32)49/h1-26H/i1D,2D,3D,10D,11D. The molecule has 238 valence electrons. The van der Waals surface area contributed by atoms with Gasteiger partial charge in [0, 0.05) is 64.1 Å². The van der Waals surface area contributed by atoms with E-state index >= 15 is 0 Å². The van der Waals surface area contributed by atoms with Gasteiger partial charge in [-0.2, -0.15) is 0 Å². The topological polar surface area (TPSA) is 56.7 Å². The summed E-state index contributed by atoms with van der Waals surface area (Å²) in [6.45, 7) is 0. The number of furan rings is 1. The molecule has 4 aromatic heterocycles. The maximum atomic E-state index is 8.76. The Kier molecular flexibility index (Phi) is 5.08. The van der Waals surface area contributed by atoms with E-state index in [9.17, 15) is 0 Å². The van der Waals surface area contributed by atoms with E-state index in [-0.39, 0.29) is 29.3 Å². The van der Waals surface area contributed by atoms with Crippen LogP contribution in [0.1, 0.15) is 6.85 Å². The van der Waals surface area contributed by atoms with Gasteiger partial charge in [0.05, 0.1) is 17.9 Å². The highest BCUT2D eigenvalue weighted by Gasteiger charge is 2.17. The van der Waals surface area contributed by atoms with Gasteiger partial charge in [-0.1, -0.05) is 90.9 Å². The highest BCUT2D eigenvalue weighted by molar-refractivity contribution is 7.25. The summed E-state index contributed by atoms with van der Waals surface area (Å²) in [5.74, 6) is 0.569. The second-order valence-corrected chi connectivity index (χ2v) is 13.6. The van der Waals surface area contributed by atoms with Crippen LogP contribution in [0.5, 0.6) is 0 Å². The van der Waals surface area contributed by atoms with Gasteiger partial charge in [0.25, 0.3) is 0 Å². The zero-order valence-corrected chi connectivity index (χ0v) is 27.5. The van der Waals surface area contributed by atoms with E-state index in [1.807, 2.05) is 48.5 Å². The Morgan fingerprint density at radius 2 is 1.04 bits per heavy atom. The molecule has 0 amide bonds. The first-order valence-electron chi connectivity index (χ1n) is 19.0. The predicted octanol–water partition coefficient (Wildman–Crippen LogP) is 12.2. The Balaban J connectivity index is 1.12. The van der Waals surface area contributed by atoms with Crippen molar-refractivity contribution >= 4 is 75.3 Å². The monoisotopic (exact) mass is 675 g/mol. The molecule has 0 saturated heterocycles. The fourth-order valence-corrected chi connectivity index (χ4v) is 8.28. The molecule has 0 bridgehead atoms. The zero-order chi connectivity index (χ0) is 37.8. The van der Waals surface area contributed by atoms with Crippen molar-refractivity contribution in [3.63, 3.8) is 0 Å². The first-order chi connectivity index (χ1) is 27.3. The van der Waals surface area contributed by atoms with Crippen LogP contribution in [0.3, 0.4) is 0 Å². The van der Waals surface area contributed by atoms with Crippen LogP contribution in [0.4, 0.5) is 0 Å². The van der Waals surface area contributed by atoms with Gasteiger partial charge in [-0.25, -0.2) is 15.0 Å². The number of aromatic nitrogens is 4. The van der Waals surface area contributed by atoms with Crippen molar-refractivity contribution in [3.8, 4) is 39.9 Å². The minimum absolute atomic E-state index is 0.0179. The molecule has 5 nitrogen and oxygen atoms in total. The van der Waals surface area contributed by atoms with Gasteiger partial charge < -0.3 is 8.98 Å². The summed E-state index contributed by atoms with van der Waals surface area (Å²) in [4.78, 5) is 14.5. The van der Waals surface area contributed by atoms with Gasteiger partial charge in [0.2, 0.25) is 0 Å². The number of thiophene rings is 1. The lowest BCUT2D eigenvalue weighted by atomic mass is 10.1. The molecule has 4 heterocycles. The van der Waals surface area contributed by atoms with E-state index in [4.69, 9.17) is 26.2 Å². The zero-order valence-electron chi connectivity index (χ0n) is 31.7. The second kappa shape index (κ2) is 10.9. The Morgan fingerprint density at radius 3 is 1.78 bits per heavy atom. The van der Waals surface area contributed by atoms with Crippen LogP contribution >= 0.6 is 11.3 Å². The molecule has 0 fully saturated rings. The lowest BCUT2D eigenvalue weighted by Gasteiger charge is -2.09. The first kappa shape index (κ1) is 23.7. The largest absolute Gasteiger partial charge is 0.456 e. The van der Waals surface area contributed by atoms with Gasteiger partial charge in [0.1, 0.15) is 11.2 Å². The number of nitrogens with zero attached hydrogens (tertiary/aromatic N) is 4. The maximum absolute atomic E-state index is 8.76. The lowest BCUT2D eigenvalue weighted by molar-refractivity contribution is 0.669. The molecule has 0 unspecified atom stereocenters. The van der Waals surface area contributed by atoms with E-state index in [2.05, 4.69) is 83.4 Å². The third-order valence-electron chi connectivity index (χ3n) is 9.55. The summed E-state index contributed by atoms with van der Waals surface area (Å²) >= 11 is 1.71. The van der Waals surface area contributed by atoms with Gasteiger partial charge in [-0.05, 0) is 66.7 Å². The van der Waals surface area contributed by atoms with Crippen LogP contribution in [-0.4, -0.2) is 19.5 Å². The molecule has 0 N–H and O–H groups in total. The predicted molar refractivity (Wildman–Crippen MR) is 211 cm³/mol. The lowest BCUT2D eigenvalue weighted by Crippen LogP contribution is -2.00. The highest BCUT2D eigenvalue weighted by atomic mass is 32.1. The van der Waals surface area contributed by atoms with E-state index in [1.54, 1.807) is 11.3 Å². The summed E-state index contributed by atoms with van der Waals surface area (Å²) in [7, 11) is 0. The minimum atomic E-state index is -0.483. The van der Waals surface area contributed by atoms with Crippen LogP contribution in [0.25, 0.3) is 104 Å². The third kappa shape index (κ3) is 4.43. The van der Waals surface area contributed by atoms with Crippen LogP contribution in [0.2, 0.25) is 0 Å². The molecular weight excluding hydrogens is 645 g/mol. The SMILES string of the molecule is [2H]c1c([2H])c([2H])c(-c2nc(-c3ccc4c(c3)oc3ccccc34)nc(-c3ccc4sc5ccc(-n6c7ccccc7c7ccccc76)cc5c4c3)n2)c([2H])c1[2H]. The van der Waals surface area contributed by atoms with Crippen molar-refractivity contribution in [1.82, 2.24) is 19.5 Å². The van der Waals surface area contributed by atoms with Crippen LogP contribution in [0.15, 0.2) is 162 Å². The molecule has 0 aliphatic carbocycles. The molecule has 11 aromatic rings. The summed E-state index contributed by atoms with van der Waals surface area (Å²) in [5.41, 5.74) is 5.95. The Morgan fingerprint density at radius 1 is 0.471 bits per heavy atom. The maximum Gasteiger partial charge on any atom is 0.164 e. The molecule has 0 saturated carbocycles. The average Bonchev–Trinajstić information content (AvgIpc) is 3.91. The number of hydrogen-bond donors (Lipinski definition) is 0. The fourth-order valence-electron chi connectivity index (χ4n) is 7.22. The second-order valence-electron chi connectivity index (χ2n) is 12.5. The molecule has 7 aromatic carbocycles. The summed E-state index contributed by atoms with van der Waals surface area (Å²) < 4.78 is 53.2. The molecule has 11 rings (SSSR count). The normalized spacial score (nSPS) is 13.3. The number of para-hydroxylation sites is 3. The van der Waals surface area contributed by atoms with Crippen molar-refractivity contribution in [2.45, 2.75) is 0 Å². The third-order valence-corrected chi connectivity index (χ3v) is 10.7. The average molecular weight is 676 g/mol. The summed E-state index contributed by atoms with van der Waals surface area (Å²) in [5, 5.41) is 6.44. The number of hydrogen-bond acceptors (Lipinski definition) is 5. The quantitative estimate of drug-likeness (QED) is 0.186. The van der Waals surface area contributed by atoms with Crippen LogP contribution in [0, 0.1) is 0 Å². The van der Waals surface area contributed by atoms with Gasteiger partial charge >= 0.3 is 0 Å². The smallest absolute Gasteiger partial charge is 0.164 e. The molecular formula is C45H26N4OS. The molecule has 51 heavy (non-hydrogen) atoms. The molecule has 0 aliphatic rings. The summed E-state index contributed by atoms with van der Waals surface area (Å²) in [6, 6.07) is 40.9. The molecule has 0 radical (unpaired) electrons. The van der Waals surface area contributed by atoms with Crippen LogP contribution < -0.4 is 0 Å². The van der Waals surface area contributed by atoms with E-state index < -0.39 is 18.1 Å². The number of rotatable bonds is 4. The Hall–Kier alpha value is -6.63. The van der Waals surface area contributed by atoms with Crippen molar-refractivity contribution in [2.75, 3.05) is 0 Å². The number of benzene rings is 7. The number of fused-ring (bicyclic) bond motifs is 9. The van der Waals surface area contributed by atoms with Crippen LogP contribution in [-0.2, 0) is 0 Å². The van der Waals surface area contributed by atoms with Gasteiger partial charge in [-0.3, -0.25) is 0 Å². The Labute approximate surface area is 302 Å². The molecule has 0 spiro atoms. The molecule has 0 atom stereocenters. The fraction of sp³-hybridized carbons (Fsp3) is 0. The summed E-state index contributed by atoms with van der Waals surface area (Å²) in [6.07, 6.45) is 0. The first-order valence-corrected chi connectivity index (χ1v) is 17.3. The van der Waals surface area contributed by atoms with Crippen molar-refractivity contribution in [3.05, 3.63) is 158 Å². The van der Waals surface area contributed by atoms with Gasteiger partial charge in [-0.15, -0.1) is 11.3 Å². The molecule has 0 aliphatic heterocycles.